The molecular weight excluding hydrogens is 581 g/mol. The molecule has 0 aromatic carbocycles. The van der Waals surface area contributed by atoms with E-state index in [1.54, 1.807) is 6.08 Å². The van der Waals surface area contributed by atoms with E-state index in [1.807, 2.05) is 39.0 Å². The van der Waals surface area contributed by atoms with Gasteiger partial charge in [0.25, 0.3) is 0 Å². The standard InChI is InChI=1S/C35H36N4O5.Mg/c1-8-19-15(3)22-12-24-17(5)21(10-11-28(40)41)32(38-24)30-31(35(43)44-7)34(42)29-18(6)25(39-33(29)30)14-27-20(9-2)16(4)23(37-27)13-26(19)36-22;/h8,12-14,17,21,24,31-32,42H,1,3,9-11H2,2,4-7H3,(H,40,41);/q-4;+2/b22-12-,23-13-,27-14-;/t17-,21-,24?,31+,32?;/m0./s1. The van der Waals surface area contributed by atoms with Gasteiger partial charge < -0.3 is 35.2 Å². The van der Waals surface area contributed by atoms with Crippen LogP contribution in [0.1, 0.15) is 60.3 Å². The number of fused-ring (bicyclic) bond motifs is 8. The number of aliphatic hydroxyl groups excluding tert-OH is 1. The van der Waals surface area contributed by atoms with Gasteiger partial charge in [-0.3, -0.25) is 9.59 Å². The smallest absolute Gasteiger partial charge is 0.657 e. The summed E-state index contributed by atoms with van der Waals surface area (Å²) in [6.45, 7) is 16.4. The van der Waals surface area contributed by atoms with E-state index in [0.717, 1.165) is 44.6 Å². The van der Waals surface area contributed by atoms with Crippen LogP contribution >= 0.6 is 0 Å². The maximum atomic E-state index is 13.2. The summed E-state index contributed by atoms with van der Waals surface area (Å²) in [6.07, 6.45) is 8.65. The van der Waals surface area contributed by atoms with Crippen LogP contribution in [-0.2, 0) is 20.7 Å². The number of carboxylic acids is 1. The molecular formula is C35H36MgN4O5-2. The van der Waals surface area contributed by atoms with Crippen LogP contribution in [0.25, 0.3) is 47.5 Å². The zero-order valence-corrected chi connectivity index (χ0v) is 27.8. The van der Waals surface area contributed by atoms with Crippen LogP contribution in [0.4, 0.5) is 0 Å². The molecule has 3 aromatic rings. The number of rotatable bonds is 6. The average molecular weight is 617 g/mol. The summed E-state index contributed by atoms with van der Waals surface area (Å²) in [4.78, 5) is 39.9. The van der Waals surface area contributed by atoms with Gasteiger partial charge in [0.2, 0.25) is 0 Å². The fraction of sp³-hybridized carbons (Fsp3) is 0.371. The van der Waals surface area contributed by atoms with Gasteiger partial charge in [-0.1, -0.05) is 79.3 Å². The molecule has 8 bridgehead atoms. The van der Waals surface area contributed by atoms with Gasteiger partial charge in [-0.15, -0.1) is 50.9 Å². The zero-order chi connectivity index (χ0) is 31.6. The number of ether oxygens (including phenoxy) is 1. The molecule has 2 aliphatic heterocycles. The summed E-state index contributed by atoms with van der Waals surface area (Å²) in [7, 11) is 1.29. The third-order valence-corrected chi connectivity index (χ3v) is 9.71. The first kappa shape index (κ1) is 32.7. The molecule has 9 nitrogen and oxygen atoms in total. The van der Waals surface area contributed by atoms with Gasteiger partial charge in [0.15, 0.2) is 0 Å². The number of methoxy groups -OCH3 is 1. The molecule has 1 aliphatic carbocycles. The van der Waals surface area contributed by atoms with E-state index in [2.05, 4.69) is 20.1 Å². The Morgan fingerprint density at radius 3 is 2.42 bits per heavy atom. The van der Waals surface area contributed by atoms with Crippen molar-refractivity contribution in [3.05, 3.63) is 77.4 Å². The van der Waals surface area contributed by atoms with Gasteiger partial charge in [0, 0.05) is 11.6 Å². The number of carboxylic acid groups (broad SMARTS) is 1. The number of hydrogen-bond donors (Lipinski definition) is 2. The van der Waals surface area contributed by atoms with Crippen molar-refractivity contribution in [2.75, 3.05) is 7.11 Å². The third kappa shape index (κ3) is 5.12. The van der Waals surface area contributed by atoms with Crippen molar-refractivity contribution in [2.45, 2.75) is 59.0 Å². The number of esters is 1. The van der Waals surface area contributed by atoms with Crippen molar-refractivity contribution in [1.82, 2.24) is 15.0 Å². The molecule has 6 rings (SSSR count). The summed E-state index contributed by atoms with van der Waals surface area (Å²) in [5.41, 5.74) is 5.58. The number of aliphatic hydroxyl groups is 1. The monoisotopic (exact) mass is 616 g/mol. The minimum atomic E-state index is -1.08. The van der Waals surface area contributed by atoms with E-state index in [9.17, 15) is 19.8 Å². The molecule has 3 aliphatic rings. The van der Waals surface area contributed by atoms with Gasteiger partial charge in [-0.05, 0) is 37.5 Å². The first-order valence-electron chi connectivity index (χ1n) is 15.0. The Bertz CT molecular complexity index is 2100. The SMILES string of the molecule is C=Cc1c2[n-]/c(c1=C)=C\C1[N-]C(C3=c4[n-]c(c(C)c4=C(O)[C@@H]3C(=O)OC)/C=c3\[n-]/c(c(C)c3CC)=C\2)[C@@H](CCC(=O)O)[C@@H]1C.[Mg+2]. The predicted octanol–water partition coefficient (Wildman–Crippen LogP) is -0.277. The second-order valence-corrected chi connectivity index (χ2v) is 12.0. The minimum absolute atomic E-state index is 0. The normalized spacial score (nSPS) is 25.4. The largest absolute Gasteiger partial charge is 2.00 e. The summed E-state index contributed by atoms with van der Waals surface area (Å²) in [5.74, 6) is -3.06. The molecule has 5 heterocycles. The Morgan fingerprint density at radius 1 is 1.07 bits per heavy atom. The van der Waals surface area contributed by atoms with Crippen LogP contribution in [-0.4, -0.2) is 64.4 Å². The van der Waals surface area contributed by atoms with Crippen LogP contribution in [0.5, 0.6) is 0 Å². The maximum absolute atomic E-state index is 13.2. The van der Waals surface area contributed by atoms with E-state index in [1.165, 1.54) is 7.11 Å². The Hall–Kier alpha value is -3.73. The van der Waals surface area contributed by atoms with Gasteiger partial charge in [0.05, 0.1) is 7.11 Å². The van der Waals surface area contributed by atoms with E-state index in [4.69, 9.17) is 25.0 Å². The quantitative estimate of drug-likeness (QED) is 0.285. The molecule has 2 N–H and O–H groups in total. The molecule has 2 unspecified atom stereocenters. The molecule has 0 saturated carbocycles. The molecule has 1 saturated heterocycles. The van der Waals surface area contributed by atoms with E-state index < -0.39 is 23.9 Å². The van der Waals surface area contributed by atoms with Crippen LogP contribution < -0.4 is 46.8 Å². The van der Waals surface area contributed by atoms with Crippen LogP contribution in [0.2, 0.25) is 0 Å². The van der Waals surface area contributed by atoms with E-state index in [0.29, 0.717) is 39.3 Å². The van der Waals surface area contributed by atoms with Crippen molar-refractivity contribution in [1.29, 1.82) is 0 Å². The number of nitrogens with zero attached hydrogens (tertiary/aromatic N) is 4. The molecule has 10 heteroatoms. The summed E-state index contributed by atoms with van der Waals surface area (Å²) in [6, 6.07) is -0.942. The maximum Gasteiger partial charge on any atom is 2.00 e. The molecule has 1 fully saturated rings. The van der Waals surface area contributed by atoms with Crippen LogP contribution in [0, 0.1) is 31.6 Å². The second-order valence-electron chi connectivity index (χ2n) is 12.0. The number of aromatic nitrogens is 3. The Labute approximate surface area is 277 Å². The van der Waals surface area contributed by atoms with E-state index >= 15 is 0 Å². The summed E-state index contributed by atoms with van der Waals surface area (Å²) >= 11 is 0. The molecule has 230 valence electrons. The summed E-state index contributed by atoms with van der Waals surface area (Å²) in [5, 5.41) is 30.4. The Balaban J connectivity index is 0.00000400. The summed E-state index contributed by atoms with van der Waals surface area (Å²) < 4.78 is 5.17. The van der Waals surface area contributed by atoms with Crippen LogP contribution in [0.3, 0.4) is 0 Å². The van der Waals surface area contributed by atoms with Crippen molar-refractivity contribution in [3.8, 4) is 0 Å². The number of hydrogen-bond acceptors (Lipinski definition) is 4. The van der Waals surface area contributed by atoms with Gasteiger partial charge in [-0.25, -0.2) is 0 Å². The second kappa shape index (κ2) is 12.2. The first-order chi connectivity index (χ1) is 21.0. The molecule has 0 amide bonds. The van der Waals surface area contributed by atoms with Crippen molar-refractivity contribution in [3.63, 3.8) is 0 Å². The van der Waals surface area contributed by atoms with Gasteiger partial charge in [-0.2, -0.15) is 0 Å². The van der Waals surface area contributed by atoms with Crippen molar-refractivity contribution < 1.29 is 24.5 Å². The molecule has 3 aromatic heterocycles. The van der Waals surface area contributed by atoms with Gasteiger partial charge in [0.1, 0.15) is 11.7 Å². The third-order valence-electron chi connectivity index (χ3n) is 9.71. The molecule has 5 atom stereocenters. The first-order valence-corrected chi connectivity index (χ1v) is 15.0. The average Bonchev–Trinajstić information content (AvgIpc) is 3.72. The van der Waals surface area contributed by atoms with Crippen molar-refractivity contribution >= 4 is 77.2 Å². The van der Waals surface area contributed by atoms with Crippen molar-refractivity contribution in [2.24, 2.45) is 17.8 Å². The number of carbonyl (C=O) groups is 2. The zero-order valence-electron chi connectivity index (χ0n) is 26.3. The fourth-order valence-electron chi connectivity index (χ4n) is 7.29. The number of aliphatic carboxylic acids is 1. The predicted molar refractivity (Wildman–Crippen MR) is 174 cm³/mol. The molecule has 0 spiro atoms. The topological polar surface area (TPSA) is 140 Å². The fourth-order valence-corrected chi connectivity index (χ4v) is 7.29. The Morgan fingerprint density at radius 2 is 1.78 bits per heavy atom. The Kier molecular flexibility index (Phi) is 8.87. The molecule has 45 heavy (non-hydrogen) atoms. The van der Waals surface area contributed by atoms with E-state index in [-0.39, 0.29) is 53.1 Å². The molecule has 0 radical (unpaired) electrons. The minimum Gasteiger partial charge on any atom is -0.657 e. The van der Waals surface area contributed by atoms with Gasteiger partial charge >= 0.3 is 35.0 Å². The van der Waals surface area contributed by atoms with Crippen LogP contribution in [0.15, 0.2) is 6.58 Å². The number of carbonyl (C=O) groups excluding carboxylic acids is 1.